The summed E-state index contributed by atoms with van der Waals surface area (Å²) < 4.78 is 61.3. The zero-order chi connectivity index (χ0) is 24.3. The second kappa shape index (κ2) is 9.97. The Morgan fingerprint density at radius 2 is 1.76 bits per heavy atom. The second-order valence-corrected chi connectivity index (χ2v) is 9.34. The van der Waals surface area contributed by atoms with Crippen molar-refractivity contribution in [3.63, 3.8) is 0 Å². The average molecular weight is 506 g/mol. The van der Waals surface area contributed by atoms with Gasteiger partial charge in [-0.05, 0) is 36.4 Å². The van der Waals surface area contributed by atoms with Crippen molar-refractivity contribution in [1.82, 2.24) is 14.7 Å². The molecule has 1 aliphatic rings. The number of carbonyl (C=O) groups is 2. The van der Waals surface area contributed by atoms with Crippen LogP contribution in [0.5, 0.6) is 11.5 Å². The van der Waals surface area contributed by atoms with Crippen LogP contribution in [-0.2, 0) is 19.6 Å². The van der Waals surface area contributed by atoms with Gasteiger partial charge in [0.25, 0.3) is 5.91 Å². The molecule has 0 saturated carbocycles. The van der Waals surface area contributed by atoms with Crippen LogP contribution in [0, 0.1) is 11.6 Å². The molecule has 1 heterocycles. The van der Waals surface area contributed by atoms with Crippen LogP contribution in [0.2, 0.25) is 5.02 Å². The van der Waals surface area contributed by atoms with Gasteiger partial charge in [0.1, 0.15) is 11.8 Å². The van der Waals surface area contributed by atoms with Crippen molar-refractivity contribution in [2.45, 2.75) is 10.9 Å². The van der Waals surface area contributed by atoms with Crippen LogP contribution >= 0.6 is 11.6 Å². The summed E-state index contributed by atoms with van der Waals surface area (Å²) in [6.45, 7) is -1.26. The van der Waals surface area contributed by atoms with Gasteiger partial charge in [-0.15, -0.1) is 0 Å². The first-order chi connectivity index (χ1) is 15.5. The van der Waals surface area contributed by atoms with E-state index in [1.807, 2.05) is 0 Å². The fraction of sp³-hybridized carbons (Fsp3) is 0.263. The number of halogens is 3. The van der Waals surface area contributed by atoms with E-state index >= 15 is 0 Å². The van der Waals surface area contributed by atoms with Crippen molar-refractivity contribution in [3.8, 4) is 11.5 Å². The van der Waals surface area contributed by atoms with Crippen molar-refractivity contribution in [3.05, 3.63) is 53.1 Å². The number of hydrogen-bond donors (Lipinski definition) is 3. The molecule has 3 rings (SSSR count). The molecule has 10 nitrogen and oxygen atoms in total. The minimum Gasteiger partial charge on any atom is -0.480 e. The van der Waals surface area contributed by atoms with Gasteiger partial charge in [-0.2, -0.15) is 4.31 Å². The van der Waals surface area contributed by atoms with Gasteiger partial charge in [0.2, 0.25) is 10.0 Å². The third kappa shape index (κ3) is 5.57. The first kappa shape index (κ1) is 24.8. The van der Waals surface area contributed by atoms with Crippen LogP contribution in [0.1, 0.15) is 0 Å². The third-order valence-corrected chi connectivity index (χ3v) is 6.94. The predicted octanol–water partition coefficient (Wildman–Crippen LogP) is 1.68. The van der Waals surface area contributed by atoms with E-state index in [1.54, 1.807) is 0 Å². The molecule has 0 unspecified atom stereocenters. The zero-order valence-corrected chi connectivity index (χ0v) is 18.3. The summed E-state index contributed by atoms with van der Waals surface area (Å²) in [4.78, 5) is 23.5. The first-order valence-electron chi connectivity index (χ1n) is 9.35. The highest BCUT2D eigenvalue weighted by molar-refractivity contribution is 7.89. The van der Waals surface area contributed by atoms with Gasteiger partial charge in [-0.25, -0.2) is 22.7 Å². The molecule has 2 aromatic rings. The summed E-state index contributed by atoms with van der Waals surface area (Å²) in [6.07, 6.45) is 0. The molecular formula is C19H18ClF2N3O7S. The Labute approximate surface area is 191 Å². The van der Waals surface area contributed by atoms with E-state index in [-0.39, 0.29) is 25.4 Å². The lowest BCUT2D eigenvalue weighted by Crippen LogP contribution is -2.60. The number of ether oxygens (including phenoxy) is 1. The van der Waals surface area contributed by atoms with E-state index in [1.165, 1.54) is 34.6 Å². The largest absolute Gasteiger partial charge is 0.480 e. The summed E-state index contributed by atoms with van der Waals surface area (Å²) in [6, 6.07) is 5.14. The highest BCUT2D eigenvalue weighted by Crippen LogP contribution is 2.32. The molecular weight excluding hydrogens is 488 g/mol. The van der Waals surface area contributed by atoms with Crippen LogP contribution in [-0.4, -0.2) is 72.0 Å². The number of carbonyl (C=O) groups excluding carboxylic acids is 1. The molecule has 33 heavy (non-hydrogen) atoms. The lowest BCUT2D eigenvalue weighted by atomic mass is 10.2. The predicted molar refractivity (Wildman–Crippen MR) is 110 cm³/mol. The van der Waals surface area contributed by atoms with Crippen molar-refractivity contribution in [2.24, 2.45) is 0 Å². The first-order valence-corrected chi connectivity index (χ1v) is 11.2. The average Bonchev–Trinajstić information content (AvgIpc) is 2.76. The molecule has 0 radical (unpaired) electrons. The normalized spacial score (nSPS) is 17.5. The molecule has 178 valence electrons. The molecule has 0 bridgehead atoms. The molecule has 3 N–H and O–H groups in total. The zero-order valence-electron chi connectivity index (χ0n) is 16.7. The number of carboxylic acids is 1. The van der Waals surface area contributed by atoms with Crippen molar-refractivity contribution < 1.29 is 41.8 Å². The SMILES string of the molecule is O=C(O)CN1CCN(S(=O)(=O)c2cc(F)c(Oc3ccc(Cl)cc3)c(F)c2)[C@@H](C(=O)NO)C1. The van der Waals surface area contributed by atoms with Gasteiger partial charge in [-0.3, -0.25) is 19.7 Å². The molecule has 1 fully saturated rings. The molecule has 14 heteroatoms. The number of carboxylic acid groups (broad SMARTS) is 1. The van der Waals surface area contributed by atoms with Gasteiger partial charge in [-0.1, -0.05) is 11.6 Å². The summed E-state index contributed by atoms with van der Waals surface area (Å²) in [7, 11) is -4.62. The van der Waals surface area contributed by atoms with E-state index in [0.717, 1.165) is 0 Å². The number of hydrogen-bond acceptors (Lipinski definition) is 7. The van der Waals surface area contributed by atoms with Crippen LogP contribution in [0.25, 0.3) is 0 Å². The molecule has 0 aliphatic carbocycles. The maximum atomic E-state index is 14.6. The van der Waals surface area contributed by atoms with Crippen LogP contribution in [0.4, 0.5) is 8.78 Å². The number of aliphatic carboxylic acids is 1. The highest BCUT2D eigenvalue weighted by atomic mass is 35.5. The summed E-state index contributed by atoms with van der Waals surface area (Å²) >= 11 is 5.75. The minimum absolute atomic E-state index is 0.0574. The van der Waals surface area contributed by atoms with Crippen molar-refractivity contribution in [2.75, 3.05) is 26.2 Å². The number of amides is 1. The number of hydroxylamine groups is 1. The Balaban J connectivity index is 1.91. The van der Waals surface area contributed by atoms with Crippen molar-refractivity contribution >= 4 is 33.5 Å². The van der Waals surface area contributed by atoms with Gasteiger partial charge < -0.3 is 9.84 Å². The molecule has 0 spiro atoms. The van der Waals surface area contributed by atoms with E-state index in [4.69, 9.17) is 26.7 Å². The number of nitrogens with one attached hydrogen (secondary N) is 1. The standard InChI is InChI=1S/C19H18ClF2N3O7S/c20-11-1-3-12(4-2-11)32-18-14(21)7-13(8-15(18)22)33(30,31)25-6-5-24(10-17(26)27)9-16(25)19(28)23-29/h1-4,7-8,16,29H,5-6,9-10H2,(H,23,28)(H,26,27)/t16-/m1/s1. The Morgan fingerprint density at radius 1 is 1.15 bits per heavy atom. The summed E-state index contributed by atoms with van der Waals surface area (Å²) in [5, 5.41) is 18.3. The van der Waals surface area contributed by atoms with Gasteiger partial charge in [0.15, 0.2) is 17.4 Å². The quantitative estimate of drug-likeness (QED) is 0.382. The van der Waals surface area contributed by atoms with Crippen molar-refractivity contribution in [1.29, 1.82) is 0 Å². The van der Waals surface area contributed by atoms with Crippen LogP contribution in [0.3, 0.4) is 0 Å². The third-order valence-electron chi connectivity index (χ3n) is 4.80. The van der Waals surface area contributed by atoms with Gasteiger partial charge in [0.05, 0.1) is 11.4 Å². The Morgan fingerprint density at radius 3 is 2.30 bits per heavy atom. The number of benzene rings is 2. The fourth-order valence-corrected chi connectivity index (χ4v) is 4.99. The maximum Gasteiger partial charge on any atom is 0.317 e. The molecule has 1 aliphatic heterocycles. The van der Waals surface area contributed by atoms with Gasteiger partial charge >= 0.3 is 5.97 Å². The Kier molecular flexibility index (Phi) is 7.49. The van der Waals surface area contributed by atoms with Gasteiger partial charge in [0, 0.05) is 24.7 Å². The van der Waals surface area contributed by atoms with Crippen LogP contribution in [0.15, 0.2) is 41.3 Å². The smallest absolute Gasteiger partial charge is 0.317 e. The van der Waals surface area contributed by atoms with Crippen LogP contribution < -0.4 is 10.2 Å². The second-order valence-electron chi connectivity index (χ2n) is 7.01. The summed E-state index contributed by atoms with van der Waals surface area (Å²) in [5.74, 6) is -5.73. The Bertz CT molecular complexity index is 1140. The minimum atomic E-state index is -4.62. The lowest BCUT2D eigenvalue weighted by Gasteiger charge is -2.38. The molecule has 1 amide bonds. The maximum absolute atomic E-state index is 14.6. The topological polar surface area (TPSA) is 136 Å². The number of piperazine rings is 1. The number of nitrogens with zero attached hydrogens (tertiary/aromatic N) is 2. The molecule has 1 saturated heterocycles. The van der Waals surface area contributed by atoms with E-state index in [9.17, 15) is 26.8 Å². The Hall–Kier alpha value is -2.84. The summed E-state index contributed by atoms with van der Waals surface area (Å²) in [5.41, 5.74) is 1.33. The van der Waals surface area contributed by atoms with E-state index in [0.29, 0.717) is 21.5 Å². The number of rotatable bonds is 7. The lowest BCUT2D eigenvalue weighted by molar-refractivity contribution is -0.141. The van der Waals surface area contributed by atoms with E-state index < -0.39 is 56.8 Å². The fourth-order valence-electron chi connectivity index (χ4n) is 3.27. The molecule has 1 atom stereocenters. The molecule has 2 aromatic carbocycles. The molecule has 0 aromatic heterocycles. The monoisotopic (exact) mass is 505 g/mol. The number of sulfonamides is 1. The highest BCUT2D eigenvalue weighted by Gasteiger charge is 2.41. The van der Waals surface area contributed by atoms with E-state index in [2.05, 4.69) is 0 Å².